The van der Waals surface area contributed by atoms with Crippen molar-refractivity contribution >= 4 is 17.4 Å². The predicted octanol–water partition coefficient (Wildman–Crippen LogP) is 3.79. The van der Waals surface area contributed by atoms with E-state index in [1.165, 1.54) is 0 Å². The van der Waals surface area contributed by atoms with Gasteiger partial charge in [0.2, 0.25) is 0 Å². The number of aryl methyl sites for hydroxylation is 2. The summed E-state index contributed by atoms with van der Waals surface area (Å²) in [7, 11) is 0. The highest BCUT2D eigenvalue weighted by Gasteiger charge is 2.24. The molecule has 22 heavy (non-hydrogen) atoms. The van der Waals surface area contributed by atoms with E-state index in [1.807, 2.05) is 49.4 Å². The molecule has 0 N–H and O–H groups in total. The van der Waals surface area contributed by atoms with E-state index in [0.29, 0.717) is 17.7 Å². The molecule has 0 saturated carbocycles. The van der Waals surface area contributed by atoms with Crippen LogP contribution in [0.25, 0.3) is 0 Å². The summed E-state index contributed by atoms with van der Waals surface area (Å²) in [5, 5.41) is 0. The van der Waals surface area contributed by atoms with Crippen LogP contribution in [-0.4, -0.2) is 18.2 Å². The number of anilines is 1. The van der Waals surface area contributed by atoms with Crippen LogP contribution in [0.4, 0.5) is 5.69 Å². The number of amides is 1. The van der Waals surface area contributed by atoms with Gasteiger partial charge >= 0.3 is 0 Å². The Morgan fingerprint density at radius 1 is 1.00 bits per heavy atom. The van der Waals surface area contributed by atoms with Gasteiger partial charge in [-0.1, -0.05) is 29.8 Å². The van der Waals surface area contributed by atoms with Crippen LogP contribution in [0.1, 0.15) is 45.2 Å². The fraction of sp³-hybridized carbons (Fsp3) is 0.263. The van der Waals surface area contributed by atoms with E-state index < -0.39 is 0 Å². The first-order valence-corrected chi connectivity index (χ1v) is 7.58. The normalized spacial score (nSPS) is 13.6. The lowest BCUT2D eigenvalue weighted by molar-refractivity contribution is 0.0981. The number of rotatable bonds is 2. The molecule has 0 bridgehead atoms. The van der Waals surface area contributed by atoms with Crippen LogP contribution in [0.2, 0.25) is 0 Å². The van der Waals surface area contributed by atoms with Crippen molar-refractivity contribution in [1.82, 2.24) is 0 Å². The second-order valence-electron chi connectivity index (χ2n) is 5.83. The van der Waals surface area contributed by atoms with Crippen LogP contribution in [0, 0.1) is 6.92 Å². The summed E-state index contributed by atoms with van der Waals surface area (Å²) in [6, 6.07) is 13.3. The van der Waals surface area contributed by atoms with Crippen molar-refractivity contribution in [3.8, 4) is 0 Å². The maximum Gasteiger partial charge on any atom is 0.258 e. The zero-order chi connectivity index (χ0) is 15.7. The van der Waals surface area contributed by atoms with E-state index in [4.69, 9.17) is 0 Å². The molecule has 1 aliphatic heterocycles. The molecule has 3 heteroatoms. The minimum atomic E-state index is 0.00153. The zero-order valence-electron chi connectivity index (χ0n) is 12.9. The van der Waals surface area contributed by atoms with Gasteiger partial charge in [-0.25, -0.2) is 0 Å². The molecule has 0 unspecified atom stereocenters. The number of benzene rings is 2. The first-order chi connectivity index (χ1) is 10.6. The van der Waals surface area contributed by atoms with Gasteiger partial charge in [-0.15, -0.1) is 0 Å². The van der Waals surface area contributed by atoms with E-state index in [2.05, 4.69) is 0 Å². The molecule has 112 valence electrons. The predicted molar refractivity (Wildman–Crippen MR) is 87.6 cm³/mol. The Bertz CT molecular complexity index is 732. The van der Waals surface area contributed by atoms with E-state index in [0.717, 1.165) is 29.7 Å². The molecule has 2 aromatic carbocycles. The highest BCUT2D eigenvalue weighted by atomic mass is 16.2. The molecule has 0 aromatic heterocycles. The third kappa shape index (κ3) is 2.67. The fourth-order valence-corrected chi connectivity index (χ4v) is 2.86. The smallest absolute Gasteiger partial charge is 0.258 e. The molecule has 0 spiro atoms. The van der Waals surface area contributed by atoms with Crippen molar-refractivity contribution in [2.24, 2.45) is 0 Å². The lowest BCUT2D eigenvalue weighted by Gasteiger charge is -2.30. The van der Waals surface area contributed by atoms with E-state index in [1.54, 1.807) is 11.8 Å². The van der Waals surface area contributed by atoms with Crippen molar-refractivity contribution in [2.75, 3.05) is 11.4 Å². The van der Waals surface area contributed by atoms with Crippen LogP contribution in [0.5, 0.6) is 0 Å². The standard InChI is InChI=1S/C19H19NO2/c1-13-5-7-16(8-6-13)19(22)20-11-3-4-15-9-10-17(14(2)21)12-18(15)20/h5-10,12H,3-4,11H2,1-2H3. The van der Waals surface area contributed by atoms with Gasteiger partial charge in [0.1, 0.15) is 0 Å². The first-order valence-electron chi connectivity index (χ1n) is 7.58. The Hall–Kier alpha value is -2.42. The van der Waals surface area contributed by atoms with E-state index in [9.17, 15) is 9.59 Å². The van der Waals surface area contributed by atoms with Gasteiger partial charge < -0.3 is 4.90 Å². The third-order valence-corrected chi connectivity index (χ3v) is 4.15. The van der Waals surface area contributed by atoms with Gasteiger partial charge in [-0.2, -0.15) is 0 Å². The Labute approximate surface area is 130 Å². The molecule has 1 heterocycles. The third-order valence-electron chi connectivity index (χ3n) is 4.15. The molecule has 2 aromatic rings. The number of Topliss-reactive ketones (excluding diaryl/α,β-unsaturated/α-hetero) is 1. The van der Waals surface area contributed by atoms with Crippen LogP contribution < -0.4 is 4.90 Å². The molecule has 0 aliphatic carbocycles. The lowest BCUT2D eigenvalue weighted by Crippen LogP contribution is -2.35. The highest BCUT2D eigenvalue weighted by Crippen LogP contribution is 2.29. The number of hydrogen-bond acceptors (Lipinski definition) is 2. The minimum absolute atomic E-state index is 0.00153. The summed E-state index contributed by atoms with van der Waals surface area (Å²) in [6.45, 7) is 4.25. The number of carbonyl (C=O) groups excluding carboxylic acids is 2. The van der Waals surface area contributed by atoms with Gasteiger partial charge in [0, 0.05) is 23.4 Å². The quantitative estimate of drug-likeness (QED) is 0.790. The molecule has 0 radical (unpaired) electrons. The first kappa shape index (κ1) is 14.5. The SMILES string of the molecule is CC(=O)c1ccc2c(c1)N(C(=O)c1ccc(C)cc1)CCC2. The number of hydrogen-bond donors (Lipinski definition) is 0. The molecular weight excluding hydrogens is 274 g/mol. The maximum atomic E-state index is 12.8. The summed E-state index contributed by atoms with van der Waals surface area (Å²) in [4.78, 5) is 26.2. The number of nitrogens with zero attached hydrogens (tertiary/aromatic N) is 1. The number of ketones is 1. The number of fused-ring (bicyclic) bond motifs is 1. The Morgan fingerprint density at radius 3 is 2.36 bits per heavy atom. The maximum absolute atomic E-state index is 12.8. The monoisotopic (exact) mass is 293 g/mol. The van der Waals surface area contributed by atoms with Crippen molar-refractivity contribution < 1.29 is 9.59 Å². The largest absolute Gasteiger partial charge is 0.308 e. The van der Waals surface area contributed by atoms with Crippen LogP contribution >= 0.6 is 0 Å². The Kier molecular flexibility index (Phi) is 3.80. The summed E-state index contributed by atoms with van der Waals surface area (Å²) < 4.78 is 0. The molecule has 0 atom stereocenters. The molecule has 1 amide bonds. The number of carbonyl (C=O) groups is 2. The molecule has 0 fully saturated rings. The topological polar surface area (TPSA) is 37.4 Å². The summed E-state index contributed by atoms with van der Waals surface area (Å²) in [5.74, 6) is 0.0257. The molecule has 0 saturated heterocycles. The van der Waals surface area contributed by atoms with Crippen LogP contribution in [0.3, 0.4) is 0 Å². The van der Waals surface area contributed by atoms with Gasteiger partial charge in [0.25, 0.3) is 5.91 Å². The Balaban J connectivity index is 1.99. The summed E-state index contributed by atoms with van der Waals surface area (Å²) in [6.07, 6.45) is 1.90. The Morgan fingerprint density at radius 2 is 1.68 bits per heavy atom. The zero-order valence-corrected chi connectivity index (χ0v) is 12.9. The van der Waals surface area contributed by atoms with Crippen molar-refractivity contribution in [1.29, 1.82) is 0 Å². The minimum Gasteiger partial charge on any atom is -0.308 e. The van der Waals surface area contributed by atoms with Gasteiger partial charge in [0.15, 0.2) is 5.78 Å². The highest BCUT2D eigenvalue weighted by molar-refractivity contribution is 6.07. The van der Waals surface area contributed by atoms with Crippen LogP contribution in [-0.2, 0) is 6.42 Å². The molecule has 3 nitrogen and oxygen atoms in total. The molecule has 1 aliphatic rings. The van der Waals surface area contributed by atoms with E-state index in [-0.39, 0.29) is 11.7 Å². The lowest BCUT2D eigenvalue weighted by atomic mass is 9.97. The average Bonchev–Trinajstić information content (AvgIpc) is 2.53. The van der Waals surface area contributed by atoms with Gasteiger partial charge in [0.05, 0.1) is 0 Å². The van der Waals surface area contributed by atoms with Crippen molar-refractivity contribution in [3.63, 3.8) is 0 Å². The molecule has 3 rings (SSSR count). The summed E-state index contributed by atoms with van der Waals surface area (Å²) >= 11 is 0. The van der Waals surface area contributed by atoms with Gasteiger partial charge in [-0.05, 0) is 50.5 Å². The average molecular weight is 293 g/mol. The van der Waals surface area contributed by atoms with Crippen molar-refractivity contribution in [2.45, 2.75) is 26.7 Å². The van der Waals surface area contributed by atoms with Crippen LogP contribution in [0.15, 0.2) is 42.5 Å². The van der Waals surface area contributed by atoms with E-state index >= 15 is 0 Å². The fourth-order valence-electron chi connectivity index (χ4n) is 2.86. The molecular formula is C19H19NO2. The summed E-state index contributed by atoms with van der Waals surface area (Å²) in [5.41, 5.74) is 4.49. The second kappa shape index (κ2) is 5.76. The van der Waals surface area contributed by atoms with Crippen molar-refractivity contribution in [3.05, 3.63) is 64.7 Å². The van der Waals surface area contributed by atoms with Gasteiger partial charge in [-0.3, -0.25) is 9.59 Å². The second-order valence-corrected chi connectivity index (χ2v) is 5.83.